The number of hydrogen-bond acceptors (Lipinski definition) is 7. The predicted molar refractivity (Wildman–Crippen MR) is 146 cm³/mol. The third-order valence-electron chi connectivity index (χ3n) is 7.38. The number of rotatable bonds is 10. The Balaban J connectivity index is 1.46. The van der Waals surface area contributed by atoms with E-state index in [9.17, 15) is 14.4 Å². The Labute approximate surface area is 227 Å². The van der Waals surface area contributed by atoms with Crippen LogP contribution < -0.4 is 20.7 Å². The number of carboxylic acids is 1. The number of carbonyl (C=O) groups excluding carboxylic acids is 2. The van der Waals surface area contributed by atoms with Crippen molar-refractivity contribution in [1.29, 1.82) is 0 Å². The number of aryl methyl sites for hydroxylation is 1. The lowest BCUT2D eigenvalue weighted by molar-refractivity contribution is -0.153. The number of hydrogen-bond donors (Lipinski definition) is 4. The molecule has 2 saturated heterocycles. The van der Waals surface area contributed by atoms with Gasteiger partial charge >= 0.3 is 12.0 Å². The van der Waals surface area contributed by atoms with Crippen LogP contribution in [0.3, 0.4) is 0 Å². The molecule has 11 heteroatoms. The lowest BCUT2D eigenvalue weighted by Gasteiger charge is -2.44. The molecule has 0 saturated carbocycles. The highest BCUT2D eigenvalue weighted by molar-refractivity contribution is 6.01. The summed E-state index contributed by atoms with van der Waals surface area (Å²) < 4.78 is 22.3. The van der Waals surface area contributed by atoms with Crippen molar-refractivity contribution in [3.05, 3.63) is 53.6 Å². The highest BCUT2D eigenvalue weighted by atomic mass is 19.1. The number of halogens is 1. The predicted octanol–water partition coefficient (Wildman–Crippen LogP) is 2.88. The second kappa shape index (κ2) is 12.5. The lowest BCUT2D eigenvalue weighted by Crippen LogP contribution is -2.66. The summed E-state index contributed by atoms with van der Waals surface area (Å²) in [7, 11) is 1.46. The fourth-order valence-electron chi connectivity index (χ4n) is 5.27. The summed E-state index contributed by atoms with van der Waals surface area (Å²) in [6.45, 7) is 3.69. The van der Waals surface area contributed by atoms with E-state index in [4.69, 9.17) is 9.84 Å². The van der Waals surface area contributed by atoms with Crippen molar-refractivity contribution in [3.63, 3.8) is 0 Å². The van der Waals surface area contributed by atoms with E-state index in [1.807, 2.05) is 25.1 Å². The molecule has 2 fully saturated rings. The van der Waals surface area contributed by atoms with Gasteiger partial charge in [-0.25, -0.2) is 9.18 Å². The Morgan fingerprint density at radius 1 is 1.10 bits per heavy atom. The lowest BCUT2D eigenvalue weighted by atomic mass is 9.92. The molecule has 0 radical (unpaired) electrons. The average Bonchev–Trinajstić information content (AvgIpc) is 3.46. The quantitative estimate of drug-likeness (QED) is 0.339. The first-order chi connectivity index (χ1) is 18.7. The number of anilines is 2. The zero-order valence-corrected chi connectivity index (χ0v) is 22.3. The van der Waals surface area contributed by atoms with Gasteiger partial charge in [0, 0.05) is 38.3 Å². The number of piperazine rings is 1. The van der Waals surface area contributed by atoms with Crippen LogP contribution in [0.1, 0.15) is 24.0 Å². The maximum Gasteiger partial charge on any atom is 0.323 e. The number of urea groups is 1. The van der Waals surface area contributed by atoms with Gasteiger partial charge < -0.3 is 25.8 Å². The number of carbonyl (C=O) groups is 3. The minimum atomic E-state index is -2.22. The van der Waals surface area contributed by atoms with Crippen LogP contribution in [-0.4, -0.2) is 90.9 Å². The molecule has 0 spiro atoms. The van der Waals surface area contributed by atoms with Crippen LogP contribution in [0.4, 0.5) is 20.6 Å². The normalized spacial score (nSPS) is 19.7. The van der Waals surface area contributed by atoms with Crippen LogP contribution in [-0.2, 0) is 16.0 Å². The molecule has 10 nitrogen and oxygen atoms in total. The van der Waals surface area contributed by atoms with Gasteiger partial charge in [0.25, 0.3) is 0 Å². The van der Waals surface area contributed by atoms with Gasteiger partial charge in [-0.3, -0.25) is 19.4 Å². The number of nitrogens with zero attached hydrogens (tertiary/aromatic N) is 2. The molecule has 2 heterocycles. The van der Waals surface area contributed by atoms with E-state index in [1.165, 1.54) is 7.11 Å². The molecule has 4 rings (SSSR count). The minimum Gasteiger partial charge on any atom is -0.495 e. The van der Waals surface area contributed by atoms with E-state index in [0.29, 0.717) is 48.7 Å². The first-order valence-corrected chi connectivity index (χ1v) is 13.2. The van der Waals surface area contributed by atoms with Crippen molar-refractivity contribution in [2.75, 3.05) is 57.0 Å². The highest BCUT2D eigenvalue weighted by Gasteiger charge is 2.52. The van der Waals surface area contributed by atoms with Gasteiger partial charge in [-0.05, 0) is 55.6 Å². The maximum absolute atomic E-state index is 16.8. The van der Waals surface area contributed by atoms with Gasteiger partial charge in [-0.2, -0.15) is 0 Å². The molecule has 0 aromatic heterocycles. The number of ketones is 1. The summed E-state index contributed by atoms with van der Waals surface area (Å²) >= 11 is 0. The molecular formula is C28H36FN5O5. The Morgan fingerprint density at radius 3 is 2.46 bits per heavy atom. The second-order valence-electron chi connectivity index (χ2n) is 10.0. The molecular weight excluding hydrogens is 505 g/mol. The number of benzene rings is 2. The fourth-order valence-corrected chi connectivity index (χ4v) is 5.27. The van der Waals surface area contributed by atoms with E-state index in [-0.39, 0.29) is 26.1 Å². The zero-order chi connectivity index (χ0) is 28.0. The summed E-state index contributed by atoms with van der Waals surface area (Å²) in [5, 5.41) is 17.8. The number of ether oxygens (including phenoxy) is 1. The number of nitrogens with one attached hydrogen (secondary N) is 3. The summed E-state index contributed by atoms with van der Waals surface area (Å²) in [6.07, 6.45) is 1.16. The fraction of sp³-hybridized carbons (Fsp3) is 0.464. The number of para-hydroxylation sites is 1. The van der Waals surface area contributed by atoms with Gasteiger partial charge in [-0.15, -0.1) is 0 Å². The Morgan fingerprint density at radius 2 is 1.82 bits per heavy atom. The SMILES string of the molecule is COc1cc(CC(=O)C(F)(C2CCCN2)N2CCN(CC(=O)O)CC2)ccc1NC(=O)Nc1ccccc1C. The molecule has 2 unspecified atom stereocenters. The molecule has 210 valence electrons. The van der Waals surface area contributed by atoms with Gasteiger partial charge in [0.2, 0.25) is 5.79 Å². The van der Waals surface area contributed by atoms with Crippen LogP contribution in [0, 0.1) is 6.92 Å². The van der Waals surface area contributed by atoms with E-state index in [2.05, 4.69) is 16.0 Å². The van der Waals surface area contributed by atoms with Gasteiger partial charge in [0.05, 0.1) is 25.4 Å². The average molecular weight is 542 g/mol. The number of alkyl halides is 1. The number of amides is 2. The van der Waals surface area contributed by atoms with Crippen molar-refractivity contribution < 1.29 is 28.6 Å². The van der Waals surface area contributed by atoms with Crippen LogP contribution in [0.25, 0.3) is 0 Å². The number of aliphatic carboxylic acids is 1. The van der Waals surface area contributed by atoms with E-state index < -0.39 is 29.6 Å². The third-order valence-corrected chi connectivity index (χ3v) is 7.38. The summed E-state index contributed by atoms with van der Waals surface area (Å²) in [5.41, 5.74) is 2.58. The van der Waals surface area contributed by atoms with Gasteiger partial charge in [-0.1, -0.05) is 24.3 Å². The third kappa shape index (κ3) is 6.73. The molecule has 2 aromatic rings. The monoisotopic (exact) mass is 541 g/mol. The molecule has 2 amide bonds. The molecule has 0 bridgehead atoms. The zero-order valence-electron chi connectivity index (χ0n) is 22.3. The van der Waals surface area contributed by atoms with E-state index in [1.54, 1.807) is 34.1 Å². The first kappa shape index (κ1) is 28.5. The van der Waals surface area contributed by atoms with Crippen molar-refractivity contribution in [2.24, 2.45) is 0 Å². The van der Waals surface area contributed by atoms with Crippen LogP contribution in [0.15, 0.2) is 42.5 Å². The Kier molecular flexibility index (Phi) is 9.16. The van der Waals surface area contributed by atoms with Crippen molar-refractivity contribution in [2.45, 2.75) is 38.0 Å². The second-order valence-corrected chi connectivity index (χ2v) is 10.0. The molecule has 2 aliphatic heterocycles. The molecule has 2 aliphatic rings. The van der Waals surface area contributed by atoms with Crippen LogP contribution in [0.5, 0.6) is 5.75 Å². The summed E-state index contributed by atoms with van der Waals surface area (Å²) in [6, 6.07) is 11.3. The van der Waals surface area contributed by atoms with Gasteiger partial charge in [0.1, 0.15) is 5.75 Å². The van der Waals surface area contributed by atoms with Gasteiger partial charge in [0.15, 0.2) is 5.78 Å². The summed E-state index contributed by atoms with van der Waals surface area (Å²) in [5.74, 6) is -3.36. The minimum absolute atomic E-state index is 0.105. The number of carboxylic acid groups (broad SMARTS) is 1. The van der Waals surface area contributed by atoms with Crippen molar-refractivity contribution in [1.82, 2.24) is 15.1 Å². The molecule has 2 atom stereocenters. The molecule has 39 heavy (non-hydrogen) atoms. The first-order valence-electron chi connectivity index (χ1n) is 13.2. The number of Topliss-reactive ketones (excluding diaryl/α,β-unsaturated/α-hetero) is 1. The Bertz CT molecular complexity index is 1200. The molecule has 2 aromatic carbocycles. The summed E-state index contributed by atoms with van der Waals surface area (Å²) in [4.78, 5) is 40.5. The van der Waals surface area contributed by atoms with Crippen LogP contribution >= 0.6 is 0 Å². The van der Waals surface area contributed by atoms with E-state index in [0.717, 1.165) is 12.0 Å². The smallest absolute Gasteiger partial charge is 0.323 e. The maximum atomic E-state index is 16.8. The largest absolute Gasteiger partial charge is 0.495 e. The molecule has 4 N–H and O–H groups in total. The highest BCUT2D eigenvalue weighted by Crippen LogP contribution is 2.33. The topological polar surface area (TPSA) is 123 Å². The van der Waals surface area contributed by atoms with Crippen molar-refractivity contribution in [3.8, 4) is 5.75 Å². The van der Waals surface area contributed by atoms with E-state index >= 15 is 4.39 Å². The number of methoxy groups -OCH3 is 1. The van der Waals surface area contributed by atoms with Crippen LogP contribution in [0.2, 0.25) is 0 Å². The standard InChI is InChI=1S/C28H36FN5O5/c1-19-6-3-4-7-21(19)31-27(38)32-22-10-9-20(16-23(22)39-2)17-25(35)28(29,24-8-5-11-30-24)34-14-12-33(13-15-34)18-26(36)37/h3-4,6-7,9-10,16,24,30H,5,8,11-15,17-18H2,1-2H3,(H,36,37)(H2,31,32,38). The molecule has 0 aliphatic carbocycles. The Hall–Kier alpha value is -3.54. The van der Waals surface area contributed by atoms with Crippen molar-refractivity contribution >= 4 is 29.2 Å².